The molecule has 1 N–H and O–H groups in total. The molecular weight excluding hydrogens is 183 g/mol. The Balaban J connectivity index is 2.63. The van der Waals surface area contributed by atoms with Crippen LogP contribution in [0.3, 0.4) is 0 Å². The molecule has 0 fully saturated rings. The fraction of sp³-hybridized carbons (Fsp3) is 0.300. The fourth-order valence-corrected chi connectivity index (χ4v) is 1.01. The van der Waals surface area contributed by atoms with Crippen molar-refractivity contribution in [2.45, 2.75) is 0 Å². The molecule has 0 spiro atoms. The Morgan fingerprint density at radius 2 is 2.36 bits per heavy atom. The van der Waals surface area contributed by atoms with Gasteiger partial charge in [0.05, 0.1) is 12.2 Å². The second-order valence-electron chi connectivity index (χ2n) is 2.73. The molecule has 1 aromatic carbocycles. The lowest BCUT2D eigenvalue weighted by Gasteiger charge is -2.05. The Morgan fingerprint density at radius 3 is 2.93 bits per heavy atom. The maximum atomic E-state index is 13.1. The Morgan fingerprint density at radius 1 is 1.57 bits per heavy atom. The Kier molecular flexibility index (Phi) is 3.89. The average molecular weight is 194 g/mol. The Bertz CT molecular complexity index is 346. The number of halogens is 1. The summed E-state index contributed by atoms with van der Waals surface area (Å²) in [4.78, 5) is 0. The van der Waals surface area contributed by atoms with Gasteiger partial charge >= 0.3 is 0 Å². The van der Waals surface area contributed by atoms with Gasteiger partial charge in [0.1, 0.15) is 11.9 Å². The normalized spacial score (nSPS) is 9.50. The molecule has 0 aliphatic rings. The highest BCUT2D eigenvalue weighted by atomic mass is 19.1. The molecule has 0 saturated heterocycles. The summed E-state index contributed by atoms with van der Waals surface area (Å²) in [6, 6.07) is 6.17. The van der Waals surface area contributed by atoms with Gasteiger partial charge in [0.15, 0.2) is 0 Å². The van der Waals surface area contributed by atoms with Crippen LogP contribution in [0.2, 0.25) is 0 Å². The quantitative estimate of drug-likeness (QED) is 0.743. The number of nitrogens with one attached hydrogen (secondary N) is 1. The van der Waals surface area contributed by atoms with Crippen LogP contribution in [0.4, 0.5) is 10.1 Å². The lowest BCUT2D eigenvalue weighted by Crippen LogP contribution is -2.07. The van der Waals surface area contributed by atoms with Gasteiger partial charge in [-0.25, -0.2) is 4.39 Å². The number of benzene rings is 1. The molecule has 0 atom stereocenters. The number of nitriles is 1. The summed E-state index contributed by atoms with van der Waals surface area (Å²) in [5.74, 6) is -0.505. The number of nitrogens with zero attached hydrogens (tertiary/aromatic N) is 1. The van der Waals surface area contributed by atoms with Gasteiger partial charge in [-0.1, -0.05) is 0 Å². The zero-order chi connectivity index (χ0) is 10.4. The van der Waals surface area contributed by atoms with E-state index in [-0.39, 0.29) is 5.56 Å². The van der Waals surface area contributed by atoms with Gasteiger partial charge in [0.2, 0.25) is 0 Å². The van der Waals surface area contributed by atoms with E-state index in [0.29, 0.717) is 18.8 Å². The molecule has 4 heteroatoms. The standard InChI is InChI=1S/C10H11FN2O/c1-14-5-4-13-9-3-2-8(7-12)10(11)6-9/h2-3,6,13H,4-5H2,1H3. The highest BCUT2D eigenvalue weighted by Gasteiger charge is 2.01. The number of anilines is 1. The van der Waals surface area contributed by atoms with E-state index in [0.717, 1.165) is 0 Å². The third-order valence-corrected chi connectivity index (χ3v) is 1.72. The van der Waals surface area contributed by atoms with Crippen LogP contribution in [0.1, 0.15) is 5.56 Å². The van der Waals surface area contributed by atoms with E-state index in [1.165, 1.54) is 12.1 Å². The van der Waals surface area contributed by atoms with Gasteiger partial charge in [-0.3, -0.25) is 0 Å². The van der Waals surface area contributed by atoms with Crippen molar-refractivity contribution in [1.29, 1.82) is 5.26 Å². The average Bonchev–Trinajstić information content (AvgIpc) is 2.18. The van der Waals surface area contributed by atoms with Gasteiger partial charge in [-0.15, -0.1) is 0 Å². The van der Waals surface area contributed by atoms with E-state index in [9.17, 15) is 4.39 Å². The number of ether oxygens (including phenoxy) is 1. The Labute approximate surface area is 82.1 Å². The first kappa shape index (κ1) is 10.5. The summed E-state index contributed by atoms with van der Waals surface area (Å²) < 4.78 is 17.9. The van der Waals surface area contributed by atoms with Crippen LogP contribution in [0, 0.1) is 17.1 Å². The first-order valence-electron chi connectivity index (χ1n) is 4.20. The van der Waals surface area contributed by atoms with Crippen LogP contribution in [0.5, 0.6) is 0 Å². The molecule has 0 heterocycles. The third kappa shape index (κ3) is 2.71. The van der Waals surface area contributed by atoms with Crippen LogP contribution in [0.25, 0.3) is 0 Å². The molecular formula is C10H11FN2O. The van der Waals surface area contributed by atoms with Crippen molar-refractivity contribution in [2.24, 2.45) is 0 Å². The highest BCUT2D eigenvalue weighted by Crippen LogP contribution is 2.13. The molecule has 0 saturated carbocycles. The second kappa shape index (κ2) is 5.20. The number of hydrogen-bond acceptors (Lipinski definition) is 3. The topological polar surface area (TPSA) is 45.0 Å². The summed E-state index contributed by atoms with van der Waals surface area (Å²) in [6.07, 6.45) is 0. The highest BCUT2D eigenvalue weighted by molar-refractivity contribution is 5.48. The molecule has 14 heavy (non-hydrogen) atoms. The molecule has 0 aliphatic heterocycles. The van der Waals surface area contributed by atoms with E-state index >= 15 is 0 Å². The summed E-state index contributed by atoms with van der Waals surface area (Å²) >= 11 is 0. The monoisotopic (exact) mass is 194 g/mol. The SMILES string of the molecule is COCCNc1ccc(C#N)c(F)c1. The summed E-state index contributed by atoms with van der Waals surface area (Å²) in [5.41, 5.74) is 0.709. The lowest BCUT2D eigenvalue weighted by molar-refractivity contribution is 0.211. The smallest absolute Gasteiger partial charge is 0.143 e. The number of rotatable bonds is 4. The molecule has 0 unspecified atom stereocenters. The molecule has 0 radical (unpaired) electrons. The van der Waals surface area contributed by atoms with E-state index in [1.807, 2.05) is 0 Å². The van der Waals surface area contributed by atoms with E-state index in [2.05, 4.69) is 5.32 Å². The first-order chi connectivity index (χ1) is 6.77. The van der Waals surface area contributed by atoms with Crippen molar-refractivity contribution < 1.29 is 9.13 Å². The zero-order valence-corrected chi connectivity index (χ0v) is 7.88. The van der Waals surface area contributed by atoms with Gasteiger partial charge in [-0.05, 0) is 18.2 Å². The van der Waals surface area contributed by atoms with Crippen LogP contribution in [0.15, 0.2) is 18.2 Å². The van der Waals surface area contributed by atoms with E-state index < -0.39 is 5.82 Å². The maximum Gasteiger partial charge on any atom is 0.143 e. The number of hydrogen-bond donors (Lipinski definition) is 1. The van der Waals surface area contributed by atoms with Crippen molar-refractivity contribution >= 4 is 5.69 Å². The molecule has 3 nitrogen and oxygen atoms in total. The van der Waals surface area contributed by atoms with Gasteiger partial charge in [0.25, 0.3) is 0 Å². The van der Waals surface area contributed by atoms with E-state index in [1.54, 1.807) is 19.2 Å². The summed E-state index contributed by atoms with van der Waals surface area (Å²) in [7, 11) is 1.60. The first-order valence-corrected chi connectivity index (χ1v) is 4.20. The molecule has 1 rings (SSSR count). The second-order valence-corrected chi connectivity index (χ2v) is 2.73. The lowest BCUT2D eigenvalue weighted by atomic mass is 10.2. The van der Waals surface area contributed by atoms with Crippen LogP contribution in [-0.4, -0.2) is 20.3 Å². The predicted octanol–water partition coefficient (Wildman–Crippen LogP) is 1.76. The molecule has 1 aromatic rings. The third-order valence-electron chi connectivity index (χ3n) is 1.72. The fourth-order valence-electron chi connectivity index (χ4n) is 1.01. The van der Waals surface area contributed by atoms with Crippen molar-refractivity contribution in [1.82, 2.24) is 0 Å². The molecule has 0 amide bonds. The Hall–Kier alpha value is -1.60. The zero-order valence-electron chi connectivity index (χ0n) is 7.88. The molecule has 0 aromatic heterocycles. The van der Waals surface area contributed by atoms with Crippen LogP contribution < -0.4 is 5.32 Å². The predicted molar refractivity (Wildman–Crippen MR) is 51.5 cm³/mol. The largest absolute Gasteiger partial charge is 0.383 e. The van der Waals surface area contributed by atoms with E-state index in [4.69, 9.17) is 10.00 Å². The van der Waals surface area contributed by atoms with Gasteiger partial charge < -0.3 is 10.1 Å². The van der Waals surface area contributed by atoms with Crippen LogP contribution in [-0.2, 0) is 4.74 Å². The summed E-state index contributed by atoms with van der Waals surface area (Å²) in [5, 5.41) is 11.5. The molecule has 74 valence electrons. The molecule has 0 aliphatic carbocycles. The summed E-state index contributed by atoms with van der Waals surface area (Å²) in [6.45, 7) is 1.17. The minimum Gasteiger partial charge on any atom is -0.383 e. The maximum absolute atomic E-state index is 13.1. The van der Waals surface area contributed by atoms with Crippen molar-refractivity contribution in [3.05, 3.63) is 29.6 Å². The van der Waals surface area contributed by atoms with Gasteiger partial charge in [-0.2, -0.15) is 5.26 Å². The van der Waals surface area contributed by atoms with Crippen molar-refractivity contribution in [2.75, 3.05) is 25.6 Å². The molecule has 0 bridgehead atoms. The minimum absolute atomic E-state index is 0.0577. The van der Waals surface area contributed by atoms with Crippen molar-refractivity contribution in [3.63, 3.8) is 0 Å². The van der Waals surface area contributed by atoms with Gasteiger partial charge in [0, 0.05) is 19.3 Å². The van der Waals surface area contributed by atoms with Crippen LogP contribution >= 0.6 is 0 Å². The number of methoxy groups -OCH3 is 1. The van der Waals surface area contributed by atoms with Crippen molar-refractivity contribution in [3.8, 4) is 6.07 Å². The minimum atomic E-state index is -0.505.